The van der Waals surface area contributed by atoms with E-state index in [1.807, 2.05) is 6.07 Å². The molecule has 1 rings (SSSR count). The summed E-state index contributed by atoms with van der Waals surface area (Å²) >= 11 is 0. The molecule has 1 fully saturated rings. The Morgan fingerprint density at radius 1 is 1.36 bits per heavy atom. The Hall–Kier alpha value is -0.800. The molecule has 3 nitrogen and oxygen atoms in total. The molecule has 0 aliphatic carbocycles. The second kappa shape index (κ2) is 4.15. The number of piperidine rings is 1. The molecule has 0 radical (unpaired) electrons. The Morgan fingerprint density at radius 3 is 2.36 bits per heavy atom. The molecular weight excluding hydrogens is 195 g/mol. The lowest BCUT2D eigenvalue weighted by Gasteiger charge is -2.32. The van der Waals surface area contributed by atoms with Crippen LogP contribution in [-0.2, 0) is 0 Å². The highest BCUT2D eigenvalue weighted by atomic mass is 19.4. The third-order valence-corrected chi connectivity index (χ3v) is 2.30. The van der Waals surface area contributed by atoms with E-state index in [2.05, 4.69) is 10.6 Å². The minimum absolute atomic E-state index is 0.416. The number of hydrogen-bond donors (Lipinski definition) is 2. The van der Waals surface area contributed by atoms with Gasteiger partial charge in [-0.2, -0.15) is 18.4 Å². The van der Waals surface area contributed by atoms with Crippen LogP contribution in [0.25, 0.3) is 0 Å². The van der Waals surface area contributed by atoms with Crippen molar-refractivity contribution in [2.75, 3.05) is 19.6 Å². The van der Waals surface area contributed by atoms with Crippen molar-refractivity contribution in [1.82, 2.24) is 10.6 Å². The van der Waals surface area contributed by atoms with Crippen LogP contribution >= 0.6 is 0 Å². The number of rotatable bonds is 2. The molecule has 0 bridgehead atoms. The molecule has 0 aromatic carbocycles. The average Bonchev–Trinajstić information content (AvgIpc) is 2.15. The highest BCUT2D eigenvalue weighted by Crippen LogP contribution is 2.20. The van der Waals surface area contributed by atoms with Gasteiger partial charge >= 0.3 is 6.18 Å². The van der Waals surface area contributed by atoms with Crippen LogP contribution in [0.4, 0.5) is 13.2 Å². The minimum atomic E-state index is -4.26. The van der Waals surface area contributed by atoms with Gasteiger partial charge < -0.3 is 5.32 Å². The van der Waals surface area contributed by atoms with Crippen LogP contribution in [0.5, 0.6) is 0 Å². The summed E-state index contributed by atoms with van der Waals surface area (Å²) < 4.78 is 35.8. The molecule has 14 heavy (non-hydrogen) atoms. The van der Waals surface area contributed by atoms with E-state index in [0.29, 0.717) is 25.9 Å². The SMILES string of the molecule is N#CC1(NCC(F)(F)F)CCNCC1. The number of alkyl halides is 3. The standard InChI is InChI=1S/C8H12F3N3/c9-8(10,11)6-14-7(5-12)1-3-13-4-2-7/h13-14H,1-4,6H2. The Balaban J connectivity index is 2.50. The molecule has 0 atom stereocenters. The summed E-state index contributed by atoms with van der Waals surface area (Å²) in [4.78, 5) is 0. The third kappa shape index (κ3) is 3.16. The number of nitrogens with one attached hydrogen (secondary N) is 2. The van der Waals surface area contributed by atoms with E-state index in [4.69, 9.17) is 5.26 Å². The van der Waals surface area contributed by atoms with Crippen molar-refractivity contribution < 1.29 is 13.2 Å². The fourth-order valence-electron chi connectivity index (χ4n) is 1.45. The number of nitriles is 1. The molecule has 0 aromatic rings. The van der Waals surface area contributed by atoms with Gasteiger partial charge in [-0.05, 0) is 25.9 Å². The van der Waals surface area contributed by atoms with Crippen molar-refractivity contribution in [2.24, 2.45) is 0 Å². The Bertz CT molecular complexity index is 225. The van der Waals surface area contributed by atoms with Gasteiger partial charge in [0.2, 0.25) is 0 Å². The highest BCUT2D eigenvalue weighted by Gasteiger charge is 2.36. The first-order chi connectivity index (χ1) is 6.47. The highest BCUT2D eigenvalue weighted by molar-refractivity contribution is 5.09. The minimum Gasteiger partial charge on any atom is -0.317 e. The first-order valence-electron chi connectivity index (χ1n) is 4.41. The fourth-order valence-corrected chi connectivity index (χ4v) is 1.45. The van der Waals surface area contributed by atoms with Crippen LogP contribution in [0.1, 0.15) is 12.8 Å². The van der Waals surface area contributed by atoms with E-state index < -0.39 is 18.3 Å². The summed E-state index contributed by atoms with van der Waals surface area (Å²) in [5.74, 6) is 0. The molecule has 0 spiro atoms. The van der Waals surface area contributed by atoms with Gasteiger partial charge in [0.05, 0.1) is 12.6 Å². The molecular formula is C8H12F3N3. The first kappa shape index (κ1) is 11.3. The zero-order chi connectivity index (χ0) is 10.7. The van der Waals surface area contributed by atoms with E-state index in [1.165, 1.54) is 0 Å². The second-order valence-corrected chi connectivity index (χ2v) is 3.41. The maximum absolute atomic E-state index is 11.9. The van der Waals surface area contributed by atoms with E-state index in [9.17, 15) is 13.2 Å². The number of nitrogens with zero attached hydrogens (tertiary/aromatic N) is 1. The van der Waals surface area contributed by atoms with E-state index in [1.54, 1.807) is 0 Å². The monoisotopic (exact) mass is 207 g/mol. The number of halogens is 3. The predicted molar refractivity (Wildman–Crippen MR) is 44.5 cm³/mol. The van der Waals surface area contributed by atoms with Gasteiger partial charge in [0, 0.05) is 0 Å². The molecule has 1 aliphatic heterocycles. The molecule has 0 unspecified atom stereocenters. The van der Waals surface area contributed by atoms with E-state index >= 15 is 0 Å². The van der Waals surface area contributed by atoms with Crippen LogP contribution in [-0.4, -0.2) is 31.3 Å². The Kier molecular flexibility index (Phi) is 3.34. The average molecular weight is 207 g/mol. The van der Waals surface area contributed by atoms with Gasteiger partial charge in [0.1, 0.15) is 5.54 Å². The van der Waals surface area contributed by atoms with Crippen molar-refractivity contribution in [3.05, 3.63) is 0 Å². The molecule has 1 heterocycles. The zero-order valence-corrected chi connectivity index (χ0v) is 7.62. The van der Waals surface area contributed by atoms with Gasteiger partial charge in [-0.25, -0.2) is 0 Å². The molecule has 0 saturated carbocycles. The Labute approximate surface area is 80.3 Å². The summed E-state index contributed by atoms with van der Waals surface area (Å²) in [7, 11) is 0. The summed E-state index contributed by atoms with van der Waals surface area (Å²) in [6.07, 6.45) is -3.42. The van der Waals surface area contributed by atoms with Crippen molar-refractivity contribution in [3.8, 4) is 6.07 Å². The largest absolute Gasteiger partial charge is 0.401 e. The van der Waals surface area contributed by atoms with Crippen molar-refractivity contribution in [1.29, 1.82) is 5.26 Å². The maximum atomic E-state index is 11.9. The van der Waals surface area contributed by atoms with Crippen LogP contribution in [0, 0.1) is 11.3 Å². The van der Waals surface area contributed by atoms with Crippen LogP contribution in [0.15, 0.2) is 0 Å². The molecule has 1 saturated heterocycles. The van der Waals surface area contributed by atoms with Gasteiger partial charge in [0.25, 0.3) is 0 Å². The topological polar surface area (TPSA) is 47.9 Å². The number of hydrogen-bond acceptors (Lipinski definition) is 3. The van der Waals surface area contributed by atoms with Gasteiger partial charge in [-0.3, -0.25) is 5.32 Å². The molecule has 0 amide bonds. The predicted octanol–water partition coefficient (Wildman–Crippen LogP) is 0.784. The van der Waals surface area contributed by atoms with Gasteiger partial charge in [0.15, 0.2) is 0 Å². The summed E-state index contributed by atoms with van der Waals surface area (Å²) in [5, 5.41) is 14.1. The maximum Gasteiger partial charge on any atom is 0.401 e. The smallest absolute Gasteiger partial charge is 0.317 e. The second-order valence-electron chi connectivity index (χ2n) is 3.41. The van der Waals surface area contributed by atoms with Crippen LogP contribution in [0.2, 0.25) is 0 Å². The lowest BCUT2D eigenvalue weighted by atomic mass is 9.90. The van der Waals surface area contributed by atoms with Crippen molar-refractivity contribution in [3.63, 3.8) is 0 Å². The molecule has 80 valence electrons. The van der Waals surface area contributed by atoms with Crippen LogP contribution in [0.3, 0.4) is 0 Å². The summed E-state index contributed by atoms with van der Waals surface area (Å²) in [6, 6.07) is 1.94. The third-order valence-electron chi connectivity index (χ3n) is 2.30. The zero-order valence-electron chi connectivity index (χ0n) is 7.62. The fraction of sp³-hybridized carbons (Fsp3) is 0.875. The van der Waals surface area contributed by atoms with Gasteiger partial charge in [-0.1, -0.05) is 0 Å². The molecule has 6 heteroatoms. The van der Waals surface area contributed by atoms with E-state index in [0.717, 1.165) is 0 Å². The summed E-state index contributed by atoms with van der Waals surface area (Å²) in [5.41, 5.74) is -0.999. The first-order valence-corrected chi connectivity index (χ1v) is 4.41. The van der Waals surface area contributed by atoms with Crippen molar-refractivity contribution in [2.45, 2.75) is 24.6 Å². The molecule has 1 aliphatic rings. The molecule has 2 N–H and O–H groups in total. The van der Waals surface area contributed by atoms with E-state index in [-0.39, 0.29) is 0 Å². The van der Waals surface area contributed by atoms with Crippen molar-refractivity contribution >= 4 is 0 Å². The summed E-state index contributed by atoms with van der Waals surface area (Å²) in [6.45, 7) is 0.0669. The Morgan fingerprint density at radius 2 is 1.93 bits per heavy atom. The normalized spacial score (nSPS) is 21.6. The van der Waals surface area contributed by atoms with Gasteiger partial charge in [-0.15, -0.1) is 0 Å². The quantitative estimate of drug-likeness (QED) is 0.703. The lowest BCUT2D eigenvalue weighted by molar-refractivity contribution is -0.128. The lowest BCUT2D eigenvalue weighted by Crippen LogP contribution is -2.53. The molecule has 0 aromatic heterocycles. The van der Waals surface area contributed by atoms with Crippen LogP contribution < -0.4 is 10.6 Å².